The van der Waals surface area contributed by atoms with Crippen molar-refractivity contribution in [1.82, 2.24) is 4.57 Å². The van der Waals surface area contributed by atoms with Crippen molar-refractivity contribution in [3.63, 3.8) is 0 Å². The zero-order chi connectivity index (χ0) is 18.6. The van der Waals surface area contributed by atoms with Crippen LogP contribution in [0.4, 0.5) is 13.2 Å². The molecular weight excluding hydrogens is 407 g/mol. The topological polar surface area (TPSA) is 57.5 Å². The fourth-order valence-electron chi connectivity index (χ4n) is 2.20. The number of pyridine rings is 1. The average Bonchev–Trinajstić information content (AvgIpc) is 2.53. The second-order valence-corrected chi connectivity index (χ2v) is 5.94. The molecule has 1 aromatic carbocycles. The number of esters is 1. The van der Waals surface area contributed by atoms with Gasteiger partial charge < -0.3 is 14.0 Å². The van der Waals surface area contributed by atoms with Gasteiger partial charge in [0.15, 0.2) is 0 Å². The molecule has 1 atom stereocenters. The number of aromatic nitrogens is 1. The molecule has 2 aromatic rings. The quantitative estimate of drug-likeness (QED) is 0.696. The lowest BCUT2D eigenvalue weighted by molar-refractivity contribution is -0.274. The van der Waals surface area contributed by atoms with Crippen molar-refractivity contribution in [3.8, 4) is 5.75 Å². The molecule has 0 spiro atoms. The van der Waals surface area contributed by atoms with Crippen LogP contribution >= 0.6 is 15.9 Å². The van der Waals surface area contributed by atoms with Gasteiger partial charge in [-0.3, -0.25) is 4.79 Å². The van der Waals surface area contributed by atoms with Crippen LogP contribution in [0.15, 0.2) is 51.9 Å². The molecule has 1 heterocycles. The number of alkyl halides is 3. The van der Waals surface area contributed by atoms with Crippen molar-refractivity contribution >= 4 is 21.9 Å². The van der Waals surface area contributed by atoms with Crippen molar-refractivity contribution < 1.29 is 27.4 Å². The number of carbonyl (C=O) groups is 1. The lowest BCUT2D eigenvalue weighted by Gasteiger charge is -2.18. The molecular formula is C16H13BrF3NO4. The number of carbonyl (C=O) groups excluding carboxylic acids is 1. The second-order valence-electron chi connectivity index (χ2n) is 5.03. The molecule has 9 heteroatoms. The minimum atomic E-state index is -4.78. The number of halogens is 4. The summed E-state index contributed by atoms with van der Waals surface area (Å²) >= 11 is 3.16. The fourth-order valence-corrected chi connectivity index (χ4v) is 2.52. The molecule has 25 heavy (non-hydrogen) atoms. The van der Waals surface area contributed by atoms with Gasteiger partial charge in [0.1, 0.15) is 11.8 Å². The van der Waals surface area contributed by atoms with Gasteiger partial charge in [0.2, 0.25) is 0 Å². The molecule has 2 rings (SSSR count). The van der Waals surface area contributed by atoms with Crippen molar-refractivity contribution in [1.29, 1.82) is 0 Å². The van der Waals surface area contributed by atoms with Gasteiger partial charge in [-0.1, -0.05) is 28.1 Å². The van der Waals surface area contributed by atoms with E-state index in [9.17, 15) is 22.8 Å². The van der Waals surface area contributed by atoms with Crippen molar-refractivity contribution in [2.75, 3.05) is 7.11 Å². The van der Waals surface area contributed by atoms with Gasteiger partial charge >= 0.3 is 12.3 Å². The average molecular weight is 420 g/mol. The molecule has 5 nitrogen and oxygen atoms in total. The summed E-state index contributed by atoms with van der Waals surface area (Å²) in [7, 11) is 1.19. The number of benzene rings is 1. The van der Waals surface area contributed by atoms with Crippen LogP contribution in [0.25, 0.3) is 0 Å². The molecule has 1 unspecified atom stereocenters. The Balaban J connectivity index is 2.26. The second kappa shape index (κ2) is 7.73. The zero-order valence-electron chi connectivity index (χ0n) is 12.9. The lowest BCUT2D eigenvalue weighted by atomic mass is 10.1. The van der Waals surface area contributed by atoms with Gasteiger partial charge in [-0.2, -0.15) is 0 Å². The van der Waals surface area contributed by atoms with E-state index in [0.717, 1.165) is 12.1 Å². The molecule has 0 bridgehead atoms. The van der Waals surface area contributed by atoms with E-state index in [4.69, 9.17) is 4.74 Å². The Morgan fingerprint density at radius 2 is 1.88 bits per heavy atom. The smallest absolute Gasteiger partial charge is 0.467 e. The van der Waals surface area contributed by atoms with Crippen molar-refractivity contribution in [3.05, 3.63) is 63.0 Å². The summed E-state index contributed by atoms with van der Waals surface area (Å²) in [6, 6.07) is 7.01. The maximum Gasteiger partial charge on any atom is 0.573 e. The lowest BCUT2D eigenvalue weighted by Crippen LogP contribution is -2.31. The van der Waals surface area contributed by atoms with Crippen LogP contribution in [0.1, 0.15) is 11.6 Å². The molecule has 0 aliphatic carbocycles. The van der Waals surface area contributed by atoms with Gasteiger partial charge in [0, 0.05) is 23.2 Å². The van der Waals surface area contributed by atoms with Crippen LogP contribution in [0.5, 0.6) is 5.75 Å². The van der Waals surface area contributed by atoms with Gasteiger partial charge in [-0.05, 0) is 23.8 Å². The Bertz CT molecular complexity index is 802. The molecule has 0 saturated heterocycles. The third-order valence-electron chi connectivity index (χ3n) is 3.31. The van der Waals surface area contributed by atoms with Crippen molar-refractivity contribution in [2.45, 2.75) is 18.8 Å². The van der Waals surface area contributed by atoms with E-state index < -0.39 is 23.9 Å². The van der Waals surface area contributed by atoms with E-state index >= 15 is 0 Å². The standard InChI is InChI=1S/C16H13BrF3NO4/c1-24-15(23)13(21-7-6-11(17)9-14(21)22)8-10-2-4-12(5-3-10)25-16(18,19)20/h2-7,9,13H,8H2,1H3. The number of methoxy groups -OCH3 is 1. The molecule has 0 N–H and O–H groups in total. The summed E-state index contributed by atoms with van der Waals surface area (Å²) in [5.74, 6) is -1.01. The minimum absolute atomic E-state index is 0.0700. The number of ether oxygens (including phenoxy) is 2. The fraction of sp³-hybridized carbons (Fsp3) is 0.250. The first-order valence-electron chi connectivity index (χ1n) is 7.00. The molecule has 0 aliphatic rings. The predicted molar refractivity (Wildman–Crippen MR) is 86.3 cm³/mol. The molecule has 0 amide bonds. The highest BCUT2D eigenvalue weighted by atomic mass is 79.9. The van der Waals surface area contributed by atoms with Gasteiger partial charge in [0.05, 0.1) is 7.11 Å². The molecule has 134 valence electrons. The molecule has 0 saturated carbocycles. The number of hydrogen-bond donors (Lipinski definition) is 0. The Kier molecular flexibility index (Phi) is 5.89. The maximum atomic E-state index is 12.2. The van der Waals surface area contributed by atoms with Crippen LogP contribution < -0.4 is 10.3 Å². The van der Waals surface area contributed by atoms with Crippen LogP contribution in [0.3, 0.4) is 0 Å². The molecule has 0 radical (unpaired) electrons. The molecule has 0 fully saturated rings. The van der Waals surface area contributed by atoms with E-state index in [-0.39, 0.29) is 12.2 Å². The first kappa shape index (κ1) is 19.0. The van der Waals surface area contributed by atoms with E-state index in [0.29, 0.717) is 10.0 Å². The van der Waals surface area contributed by atoms with Gasteiger partial charge in [-0.15, -0.1) is 13.2 Å². The van der Waals surface area contributed by atoms with E-state index in [1.54, 1.807) is 6.07 Å². The Labute approximate surface area is 149 Å². The van der Waals surface area contributed by atoms with Crippen LogP contribution in [0, 0.1) is 0 Å². The number of nitrogens with zero attached hydrogens (tertiary/aromatic N) is 1. The number of rotatable bonds is 5. The summed E-state index contributed by atoms with van der Waals surface area (Å²) in [4.78, 5) is 24.1. The summed E-state index contributed by atoms with van der Waals surface area (Å²) in [5, 5.41) is 0. The van der Waals surface area contributed by atoms with E-state index in [2.05, 4.69) is 20.7 Å². The highest BCUT2D eigenvalue weighted by molar-refractivity contribution is 9.10. The molecule has 0 aliphatic heterocycles. The van der Waals surface area contributed by atoms with Crippen molar-refractivity contribution in [2.24, 2.45) is 0 Å². The highest BCUT2D eigenvalue weighted by Gasteiger charge is 2.31. The van der Waals surface area contributed by atoms with Gasteiger partial charge in [0.25, 0.3) is 5.56 Å². The van der Waals surface area contributed by atoms with Gasteiger partial charge in [-0.25, -0.2) is 4.79 Å². The van der Waals surface area contributed by atoms with Crippen LogP contribution in [0.2, 0.25) is 0 Å². The van der Waals surface area contributed by atoms with Crippen LogP contribution in [-0.2, 0) is 16.0 Å². The highest BCUT2D eigenvalue weighted by Crippen LogP contribution is 2.24. The summed E-state index contributed by atoms with van der Waals surface area (Å²) in [6.45, 7) is 0. The Morgan fingerprint density at radius 1 is 1.24 bits per heavy atom. The SMILES string of the molecule is COC(=O)C(Cc1ccc(OC(F)(F)F)cc1)n1ccc(Br)cc1=O. The summed E-state index contributed by atoms with van der Waals surface area (Å²) in [6.07, 6.45) is -3.27. The zero-order valence-corrected chi connectivity index (χ0v) is 14.5. The molecule has 1 aromatic heterocycles. The van der Waals surface area contributed by atoms with Crippen LogP contribution in [-0.4, -0.2) is 24.0 Å². The number of hydrogen-bond acceptors (Lipinski definition) is 4. The minimum Gasteiger partial charge on any atom is -0.467 e. The third-order valence-corrected chi connectivity index (χ3v) is 3.80. The van der Waals surface area contributed by atoms with E-state index in [1.165, 1.54) is 36.1 Å². The first-order valence-corrected chi connectivity index (χ1v) is 7.79. The Hall–Kier alpha value is -2.29. The third kappa shape index (κ3) is 5.35. The Morgan fingerprint density at radius 3 is 2.40 bits per heavy atom. The first-order chi connectivity index (χ1) is 11.7. The maximum absolute atomic E-state index is 12.2. The predicted octanol–water partition coefficient (Wildman–Crippen LogP) is 3.47. The van der Waals surface area contributed by atoms with E-state index in [1.807, 2.05) is 0 Å². The largest absolute Gasteiger partial charge is 0.573 e. The normalized spacial score (nSPS) is 12.5. The summed E-state index contributed by atoms with van der Waals surface area (Å²) in [5.41, 5.74) is 0.126. The monoisotopic (exact) mass is 419 g/mol. The summed E-state index contributed by atoms with van der Waals surface area (Å²) < 4.78 is 46.8.